The van der Waals surface area contributed by atoms with Gasteiger partial charge in [-0.25, -0.2) is 0 Å². The molecule has 1 aromatic carbocycles. The van der Waals surface area contributed by atoms with Crippen LogP contribution in [0, 0.1) is 5.92 Å². The van der Waals surface area contributed by atoms with Crippen LogP contribution < -0.4 is 5.32 Å². The highest BCUT2D eigenvalue weighted by molar-refractivity contribution is 5.82. The van der Waals surface area contributed by atoms with Gasteiger partial charge < -0.3 is 5.32 Å². The Morgan fingerprint density at radius 2 is 1.83 bits per heavy atom. The highest BCUT2D eigenvalue weighted by atomic mass is 14.9. The van der Waals surface area contributed by atoms with Crippen LogP contribution in [0.5, 0.6) is 0 Å². The number of hydrogen-bond donors (Lipinski definition) is 1. The molecule has 0 radical (unpaired) electrons. The first kappa shape index (κ1) is 13.0. The van der Waals surface area contributed by atoms with Gasteiger partial charge in [-0.2, -0.15) is 0 Å². The summed E-state index contributed by atoms with van der Waals surface area (Å²) in [5, 5.41) is 4.70. The molecule has 0 bridgehead atoms. The van der Waals surface area contributed by atoms with E-state index in [1.54, 1.807) is 0 Å². The number of nitrogens with zero attached hydrogens (tertiary/aromatic N) is 1. The van der Waals surface area contributed by atoms with Gasteiger partial charge in [-0.05, 0) is 24.6 Å². The molecule has 1 unspecified atom stereocenters. The quantitative estimate of drug-likeness (QED) is 0.859. The van der Waals surface area contributed by atoms with Crippen molar-refractivity contribution in [2.24, 2.45) is 5.92 Å². The molecule has 0 aliphatic carbocycles. The van der Waals surface area contributed by atoms with Crippen LogP contribution in [0.4, 0.5) is 0 Å². The molecule has 0 fully saturated rings. The van der Waals surface area contributed by atoms with Gasteiger partial charge in [0.2, 0.25) is 0 Å². The smallest absolute Gasteiger partial charge is 0.0749 e. The third-order valence-corrected chi connectivity index (χ3v) is 3.83. The second kappa shape index (κ2) is 5.96. The molecule has 0 saturated heterocycles. The van der Waals surface area contributed by atoms with Crippen LogP contribution in [0.25, 0.3) is 10.9 Å². The highest BCUT2D eigenvalue weighted by Gasteiger charge is 2.20. The summed E-state index contributed by atoms with van der Waals surface area (Å²) in [6, 6.07) is 11.0. The number of hydrogen-bond acceptors (Lipinski definition) is 2. The molecule has 2 rings (SSSR count). The zero-order valence-corrected chi connectivity index (χ0v) is 11.5. The normalized spacial score (nSPS) is 13.1. The molecular weight excluding hydrogens is 220 g/mol. The summed E-state index contributed by atoms with van der Waals surface area (Å²) in [5.74, 6) is 0.655. The van der Waals surface area contributed by atoms with Gasteiger partial charge in [0.05, 0.1) is 5.52 Å². The minimum Gasteiger partial charge on any atom is -0.313 e. The van der Waals surface area contributed by atoms with Crippen LogP contribution in [-0.4, -0.2) is 12.0 Å². The van der Waals surface area contributed by atoms with Crippen molar-refractivity contribution in [3.63, 3.8) is 0 Å². The van der Waals surface area contributed by atoms with Gasteiger partial charge in [0, 0.05) is 17.6 Å². The molecule has 0 saturated carbocycles. The Hall–Kier alpha value is -1.41. The highest BCUT2D eigenvalue weighted by Crippen LogP contribution is 2.30. The zero-order valence-electron chi connectivity index (χ0n) is 11.5. The third kappa shape index (κ3) is 2.39. The van der Waals surface area contributed by atoms with Gasteiger partial charge in [0.15, 0.2) is 0 Å². The topological polar surface area (TPSA) is 24.9 Å². The molecule has 0 spiro atoms. The first-order valence-electron chi connectivity index (χ1n) is 6.82. The number of para-hydroxylation sites is 1. The minimum absolute atomic E-state index is 0.388. The minimum atomic E-state index is 0.388. The Balaban J connectivity index is 2.51. The van der Waals surface area contributed by atoms with Gasteiger partial charge in [-0.15, -0.1) is 0 Å². The molecule has 0 aliphatic heterocycles. The van der Waals surface area contributed by atoms with Crippen molar-refractivity contribution < 1.29 is 0 Å². The standard InChI is InChI=1S/C16H22N2/c1-4-12(5-2)15(17-3)14-10-6-8-13-9-7-11-18-16(13)14/h6-12,15,17H,4-5H2,1-3H3. The maximum atomic E-state index is 4.56. The Labute approximate surface area is 109 Å². The van der Waals surface area contributed by atoms with E-state index in [0.29, 0.717) is 12.0 Å². The fraction of sp³-hybridized carbons (Fsp3) is 0.438. The van der Waals surface area contributed by atoms with Crippen molar-refractivity contribution in [1.82, 2.24) is 10.3 Å². The molecule has 2 aromatic rings. The molecule has 18 heavy (non-hydrogen) atoms. The lowest BCUT2D eigenvalue weighted by molar-refractivity contribution is 0.361. The van der Waals surface area contributed by atoms with Crippen LogP contribution in [0.15, 0.2) is 36.5 Å². The van der Waals surface area contributed by atoms with Gasteiger partial charge in [0.1, 0.15) is 0 Å². The van der Waals surface area contributed by atoms with E-state index in [1.165, 1.54) is 23.8 Å². The van der Waals surface area contributed by atoms with Crippen molar-refractivity contribution in [3.8, 4) is 0 Å². The average molecular weight is 242 g/mol. The van der Waals surface area contributed by atoms with E-state index in [-0.39, 0.29) is 0 Å². The second-order valence-electron chi connectivity index (χ2n) is 4.77. The molecule has 2 heteroatoms. The van der Waals surface area contributed by atoms with Crippen molar-refractivity contribution in [2.75, 3.05) is 7.05 Å². The van der Waals surface area contributed by atoms with E-state index in [9.17, 15) is 0 Å². The fourth-order valence-electron chi connectivity index (χ4n) is 2.78. The largest absolute Gasteiger partial charge is 0.313 e. The molecule has 0 amide bonds. The monoisotopic (exact) mass is 242 g/mol. The van der Waals surface area contributed by atoms with Crippen LogP contribution in [0.3, 0.4) is 0 Å². The zero-order chi connectivity index (χ0) is 13.0. The van der Waals surface area contributed by atoms with E-state index in [2.05, 4.69) is 48.4 Å². The summed E-state index contributed by atoms with van der Waals surface area (Å²) in [5.41, 5.74) is 2.45. The van der Waals surface area contributed by atoms with Gasteiger partial charge in [0.25, 0.3) is 0 Å². The van der Waals surface area contributed by atoms with E-state index < -0.39 is 0 Å². The first-order valence-corrected chi connectivity index (χ1v) is 6.82. The maximum absolute atomic E-state index is 4.56. The van der Waals surface area contributed by atoms with E-state index in [4.69, 9.17) is 0 Å². The van der Waals surface area contributed by atoms with E-state index >= 15 is 0 Å². The lowest BCUT2D eigenvalue weighted by Crippen LogP contribution is -2.25. The SMILES string of the molecule is CCC(CC)C(NC)c1cccc2cccnc12. The molecule has 1 N–H and O–H groups in total. The lowest BCUT2D eigenvalue weighted by atomic mass is 9.88. The first-order chi connectivity index (χ1) is 8.81. The van der Waals surface area contributed by atoms with Gasteiger partial charge in [-0.3, -0.25) is 4.98 Å². The van der Waals surface area contributed by atoms with Crippen molar-refractivity contribution in [2.45, 2.75) is 32.7 Å². The Bertz CT molecular complexity index is 498. The summed E-state index contributed by atoms with van der Waals surface area (Å²) in [4.78, 5) is 4.56. The summed E-state index contributed by atoms with van der Waals surface area (Å²) in [7, 11) is 2.05. The number of rotatable bonds is 5. The number of pyridine rings is 1. The fourth-order valence-corrected chi connectivity index (χ4v) is 2.78. The summed E-state index contributed by atoms with van der Waals surface area (Å²) in [6.07, 6.45) is 4.25. The van der Waals surface area contributed by atoms with Crippen LogP contribution in [0.1, 0.15) is 38.3 Å². The Morgan fingerprint density at radius 1 is 1.11 bits per heavy atom. The van der Waals surface area contributed by atoms with Crippen LogP contribution in [-0.2, 0) is 0 Å². The van der Waals surface area contributed by atoms with Crippen molar-refractivity contribution >= 4 is 10.9 Å². The molecule has 1 heterocycles. The molecule has 0 aliphatic rings. The van der Waals surface area contributed by atoms with Crippen LogP contribution in [0.2, 0.25) is 0 Å². The van der Waals surface area contributed by atoms with Crippen LogP contribution >= 0.6 is 0 Å². The predicted molar refractivity (Wildman–Crippen MR) is 77.6 cm³/mol. The lowest BCUT2D eigenvalue weighted by Gasteiger charge is -2.26. The summed E-state index contributed by atoms with van der Waals surface area (Å²) in [6.45, 7) is 4.52. The maximum Gasteiger partial charge on any atom is 0.0749 e. The average Bonchev–Trinajstić information content (AvgIpc) is 2.44. The van der Waals surface area contributed by atoms with Crippen molar-refractivity contribution in [1.29, 1.82) is 0 Å². The molecule has 2 nitrogen and oxygen atoms in total. The Morgan fingerprint density at radius 3 is 2.50 bits per heavy atom. The third-order valence-electron chi connectivity index (χ3n) is 3.83. The van der Waals surface area contributed by atoms with Gasteiger partial charge >= 0.3 is 0 Å². The molecular formula is C16H22N2. The van der Waals surface area contributed by atoms with Gasteiger partial charge in [-0.1, -0.05) is 51.0 Å². The summed E-state index contributed by atoms with van der Waals surface area (Å²) < 4.78 is 0. The molecule has 96 valence electrons. The molecule has 1 atom stereocenters. The number of aromatic nitrogens is 1. The van der Waals surface area contributed by atoms with Crippen molar-refractivity contribution in [3.05, 3.63) is 42.1 Å². The predicted octanol–water partition coefficient (Wildman–Crippen LogP) is 3.93. The Kier molecular flexibility index (Phi) is 4.32. The number of benzene rings is 1. The van der Waals surface area contributed by atoms with E-state index in [1.807, 2.05) is 19.3 Å². The second-order valence-corrected chi connectivity index (χ2v) is 4.77. The number of fused-ring (bicyclic) bond motifs is 1. The number of nitrogens with one attached hydrogen (secondary N) is 1. The summed E-state index contributed by atoms with van der Waals surface area (Å²) >= 11 is 0. The molecule has 1 aromatic heterocycles. The van der Waals surface area contributed by atoms with E-state index in [0.717, 1.165) is 5.52 Å².